The molecule has 3 rings (SSSR count). The molecule has 0 spiro atoms. The number of hydrogen-bond acceptors (Lipinski definition) is 4. The van der Waals surface area contributed by atoms with Gasteiger partial charge in [0, 0.05) is 23.3 Å². The van der Waals surface area contributed by atoms with Crippen molar-refractivity contribution in [3.05, 3.63) is 48.1 Å². The van der Waals surface area contributed by atoms with Crippen LogP contribution in [0.3, 0.4) is 0 Å². The van der Waals surface area contributed by atoms with E-state index in [0.29, 0.717) is 16.6 Å². The lowest BCUT2D eigenvalue weighted by atomic mass is 10.1. The molecule has 0 aliphatic carbocycles. The van der Waals surface area contributed by atoms with Gasteiger partial charge in [0.05, 0.1) is 7.11 Å². The number of benzene rings is 1. The summed E-state index contributed by atoms with van der Waals surface area (Å²) in [6.07, 6.45) is 4.99. The summed E-state index contributed by atoms with van der Waals surface area (Å²) in [5.41, 5.74) is 1.52. The second-order valence-electron chi connectivity index (χ2n) is 3.95. The third-order valence-corrected chi connectivity index (χ3v) is 3.16. The third-order valence-electron chi connectivity index (χ3n) is 2.89. The molecule has 0 bridgehead atoms. The maximum absolute atomic E-state index is 6.03. The van der Waals surface area contributed by atoms with E-state index in [4.69, 9.17) is 16.3 Å². The lowest BCUT2D eigenvalue weighted by Gasteiger charge is -2.10. The SMILES string of the molecule is COc1c(Cl)ncnc1-c1cncc2ccccc12. The Hall–Kier alpha value is -2.20. The minimum Gasteiger partial charge on any atom is -0.491 e. The number of nitrogens with zero attached hydrogens (tertiary/aromatic N) is 3. The zero-order valence-electron chi connectivity index (χ0n) is 10.2. The summed E-state index contributed by atoms with van der Waals surface area (Å²) in [6, 6.07) is 7.96. The highest BCUT2D eigenvalue weighted by Crippen LogP contribution is 2.35. The third kappa shape index (κ3) is 2.00. The van der Waals surface area contributed by atoms with Crippen molar-refractivity contribution in [2.24, 2.45) is 0 Å². The van der Waals surface area contributed by atoms with Crippen LogP contribution in [-0.2, 0) is 0 Å². The van der Waals surface area contributed by atoms with Crippen LogP contribution in [0.15, 0.2) is 43.0 Å². The summed E-state index contributed by atoms with van der Waals surface area (Å²) in [4.78, 5) is 12.4. The quantitative estimate of drug-likeness (QED) is 0.671. The molecule has 0 radical (unpaired) electrons. The van der Waals surface area contributed by atoms with Crippen LogP contribution in [0.4, 0.5) is 0 Å². The number of hydrogen-bond donors (Lipinski definition) is 0. The van der Waals surface area contributed by atoms with Crippen molar-refractivity contribution in [3.63, 3.8) is 0 Å². The van der Waals surface area contributed by atoms with E-state index in [-0.39, 0.29) is 0 Å². The van der Waals surface area contributed by atoms with Crippen LogP contribution in [0.2, 0.25) is 5.15 Å². The number of fused-ring (bicyclic) bond motifs is 1. The Morgan fingerprint density at radius 2 is 1.95 bits per heavy atom. The maximum Gasteiger partial charge on any atom is 0.182 e. The summed E-state index contributed by atoms with van der Waals surface area (Å²) in [7, 11) is 1.55. The van der Waals surface area contributed by atoms with Gasteiger partial charge in [-0.05, 0) is 5.39 Å². The fourth-order valence-corrected chi connectivity index (χ4v) is 2.24. The van der Waals surface area contributed by atoms with Gasteiger partial charge in [0.25, 0.3) is 0 Å². The first kappa shape index (κ1) is 11.9. The highest BCUT2D eigenvalue weighted by atomic mass is 35.5. The minimum absolute atomic E-state index is 0.292. The molecule has 0 aliphatic heterocycles. The van der Waals surface area contributed by atoms with Gasteiger partial charge >= 0.3 is 0 Å². The van der Waals surface area contributed by atoms with E-state index in [1.165, 1.54) is 6.33 Å². The zero-order valence-corrected chi connectivity index (χ0v) is 10.9. The Balaban J connectivity index is 2.34. The van der Waals surface area contributed by atoms with Gasteiger partial charge in [0.1, 0.15) is 12.0 Å². The molecule has 4 nitrogen and oxygen atoms in total. The van der Waals surface area contributed by atoms with E-state index in [1.807, 2.05) is 30.5 Å². The van der Waals surface area contributed by atoms with Crippen molar-refractivity contribution < 1.29 is 4.74 Å². The summed E-state index contributed by atoms with van der Waals surface area (Å²) in [6.45, 7) is 0. The zero-order chi connectivity index (χ0) is 13.2. The molecule has 0 saturated heterocycles. The van der Waals surface area contributed by atoms with Gasteiger partial charge < -0.3 is 4.74 Å². The van der Waals surface area contributed by atoms with Crippen LogP contribution >= 0.6 is 11.6 Å². The molecule has 94 valence electrons. The first-order valence-electron chi connectivity index (χ1n) is 5.69. The van der Waals surface area contributed by atoms with Gasteiger partial charge in [0.15, 0.2) is 10.9 Å². The number of rotatable bonds is 2. The molecule has 0 atom stereocenters. The predicted molar refractivity (Wildman–Crippen MR) is 74.3 cm³/mol. The van der Waals surface area contributed by atoms with Crippen molar-refractivity contribution in [2.75, 3.05) is 7.11 Å². The number of ether oxygens (including phenoxy) is 1. The van der Waals surface area contributed by atoms with Gasteiger partial charge in [-0.15, -0.1) is 0 Å². The van der Waals surface area contributed by atoms with E-state index in [2.05, 4.69) is 15.0 Å². The molecule has 3 aromatic rings. The van der Waals surface area contributed by atoms with Gasteiger partial charge in [-0.1, -0.05) is 35.9 Å². The van der Waals surface area contributed by atoms with E-state index < -0.39 is 0 Å². The van der Waals surface area contributed by atoms with Gasteiger partial charge in [0.2, 0.25) is 0 Å². The summed E-state index contributed by atoms with van der Waals surface area (Å²) in [5.74, 6) is 0.460. The molecule has 0 fully saturated rings. The molecule has 2 heterocycles. The van der Waals surface area contributed by atoms with Crippen LogP contribution in [0.25, 0.3) is 22.0 Å². The average molecular weight is 272 g/mol. The lowest BCUT2D eigenvalue weighted by molar-refractivity contribution is 0.413. The number of aromatic nitrogens is 3. The molecule has 0 unspecified atom stereocenters. The largest absolute Gasteiger partial charge is 0.491 e. The molecular weight excluding hydrogens is 262 g/mol. The highest BCUT2D eigenvalue weighted by Gasteiger charge is 2.14. The summed E-state index contributed by atoms with van der Waals surface area (Å²) in [5, 5.41) is 2.38. The Bertz CT molecular complexity index is 740. The van der Waals surface area contributed by atoms with Gasteiger partial charge in [-0.3, -0.25) is 4.98 Å². The lowest BCUT2D eigenvalue weighted by Crippen LogP contribution is -1.95. The second-order valence-corrected chi connectivity index (χ2v) is 4.31. The Kier molecular flexibility index (Phi) is 3.01. The molecule has 0 saturated carbocycles. The highest BCUT2D eigenvalue weighted by molar-refractivity contribution is 6.31. The number of halogens is 1. The molecule has 5 heteroatoms. The van der Waals surface area contributed by atoms with Crippen molar-refractivity contribution in [3.8, 4) is 17.0 Å². The van der Waals surface area contributed by atoms with Gasteiger partial charge in [-0.2, -0.15) is 0 Å². The van der Waals surface area contributed by atoms with E-state index in [9.17, 15) is 0 Å². The molecule has 1 aromatic carbocycles. The molecule has 19 heavy (non-hydrogen) atoms. The van der Waals surface area contributed by atoms with Crippen LogP contribution in [-0.4, -0.2) is 22.1 Å². The molecule has 0 N–H and O–H groups in total. The Labute approximate surface area is 115 Å². The number of pyridine rings is 1. The van der Waals surface area contributed by atoms with Crippen molar-refractivity contribution in [1.82, 2.24) is 15.0 Å². The van der Waals surface area contributed by atoms with E-state index >= 15 is 0 Å². The smallest absolute Gasteiger partial charge is 0.182 e. The Morgan fingerprint density at radius 3 is 2.79 bits per heavy atom. The monoisotopic (exact) mass is 271 g/mol. The van der Waals surface area contributed by atoms with Crippen LogP contribution in [0.5, 0.6) is 5.75 Å². The normalized spacial score (nSPS) is 10.6. The molecular formula is C14H10ClN3O. The van der Waals surface area contributed by atoms with Crippen LogP contribution < -0.4 is 4.74 Å². The first-order chi connectivity index (χ1) is 9.31. The van der Waals surface area contributed by atoms with E-state index in [0.717, 1.165) is 16.3 Å². The molecule has 2 aromatic heterocycles. The molecule has 0 amide bonds. The summed E-state index contributed by atoms with van der Waals surface area (Å²) >= 11 is 6.03. The average Bonchev–Trinajstić information content (AvgIpc) is 2.46. The second kappa shape index (κ2) is 4.82. The maximum atomic E-state index is 6.03. The van der Waals surface area contributed by atoms with Gasteiger partial charge in [-0.25, -0.2) is 9.97 Å². The fourth-order valence-electron chi connectivity index (χ4n) is 2.03. The van der Waals surface area contributed by atoms with Crippen molar-refractivity contribution in [1.29, 1.82) is 0 Å². The minimum atomic E-state index is 0.292. The standard InChI is InChI=1S/C14H10ClN3O/c1-19-13-12(17-8-18-14(13)15)11-7-16-6-9-4-2-3-5-10(9)11/h2-8H,1H3. The predicted octanol–water partition coefficient (Wildman–Crippen LogP) is 3.35. The Morgan fingerprint density at radius 1 is 1.11 bits per heavy atom. The summed E-state index contributed by atoms with van der Waals surface area (Å²) < 4.78 is 5.29. The first-order valence-corrected chi connectivity index (χ1v) is 6.06. The van der Waals surface area contributed by atoms with E-state index in [1.54, 1.807) is 13.3 Å². The number of methoxy groups -OCH3 is 1. The van der Waals surface area contributed by atoms with Crippen LogP contribution in [0.1, 0.15) is 0 Å². The van der Waals surface area contributed by atoms with Crippen LogP contribution in [0, 0.1) is 0 Å². The topological polar surface area (TPSA) is 47.9 Å². The molecule has 0 aliphatic rings. The van der Waals surface area contributed by atoms with Crippen molar-refractivity contribution in [2.45, 2.75) is 0 Å². The fraction of sp³-hybridized carbons (Fsp3) is 0.0714. The van der Waals surface area contributed by atoms with Crippen molar-refractivity contribution >= 4 is 22.4 Å².